The van der Waals surface area contributed by atoms with Gasteiger partial charge in [0.15, 0.2) is 0 Å². The predicted octanol–water partition coefficient (Wildman–Crippen LogP) is 2.19. The summed E-state index contributed by atoms with van der Waals surface area (Å²) in [5.41, 5.74) is 0.875. The standard InChI is InChI=1S/C19H27N5O3S/c1-12(10-27-3)23-18(26)16-13(2)15-17(21-11-22-19(15)28-16)20-7-5-9-24-8-4-6-14(24)25/h11-12H,4-10H2,1-3H3,(H,23,26)(H,20,21,22)/t12-/m1/s1. The number of nitrogens with one attached hydrogen (secondary N) is 2. The highest BCUT2D eigenvalue weighted by Crippen LogP contribution is 2.33. The molecule has 2 amide bonds. The van der Waals surface area contributed by atoms with Gasteiger partial charge in [0.1, 0.15) is 17.0 Å². The quantitative estimate of drug-likeness (QED) is 0.621. The highest BCUT2D eigenvalue weighted by atomic mass is 32.1. The van der Waals surface area contributed by atoms with Crippen molar-refractivity contribution in [1.29, 1.82) is 0 Å². The third kappa shape index (κ3) is 4.59. The van der Waals surface area contributed by atoms with Gasteiger partial charge in [-0.2, -0.15) is 0 Å². The molecule has 2 aromatic heterocycles. The van der Waals surface area contributed by atoms with Gasteiger partial charge in [0.25, 0.3) is 5.91 Å². The average Bonchev–Trinajstić information content (AvgIpc) is 3.22. The molecule has 3 rings (SSSR count). The zero-order valence-corrected chi connectivity index (χ0v) is 17.4. The van der Waals surface area contributed by atoms with Crippen molar-refractivity contribution in [3.8, 4) is 0 Å². The number of likely N-dealkylation sites (tertiary alicyclic amines) is 1. The monoisotopic (exact) mass is 405 g/mol. The minimum Gasteiger partial charge on any atom is -0.383 e. The van der Waals surface area contributed by atoms with Gasteiger partial charge in [-0.25, -0.2) is 9.97 Å². The molecule has 3 heterocycles. The summed E-state index contributed by atoms with van der Waals surface area (Å²) in [4.78, 5) is 36.3. The van der Waals surface area contributed by atoms with Gasteiger partial charge >= 0.3 is 0 Å². The minimum atomic E-state index is -0.122. The lowest BCUT2D eigenvalue weighted by Gasteiger charge is -2.15. The fraction of sp³-hybridized carbons (Fsp3) is 0.579. The van der Waals surface area contributed by atoms with E-state index in [1.165, 1.54) is 17.7 Å². The number of fused-ring (bicyclic) bond motifs is 1. The summed E-state index contributed by atoms with van der Waals surface area (Å²) in [6.45, 7) is 6.61. The Bertz CT molecular complexity index is 853. The van der Waals surface area contributed by atoms with Crippen LogP contribution in [0.4, 0.5) is 5.82 Å². The van der Waals surface area contributed by atoms with Crippen LogP contribution in [0.2, 0.25) is 0 Å². The molecule has 0 bridgehead atoms. The lowest BCUT2D eigenvalue weighted by molar-refractivity contribution is -0.127. The van der Waals surface area contributed by atoms with Crippen LogP contribution in [0.15, 0.2) is 6.33 Å². The second-order valence-corrected chi connectivity index (χ2v) is 8.05. The number of aryl methyl sites for hydroxylation is 1. The van der Waals surface area contributed by atoms with E-state index in [4.69, 9.17) is 4.74 Å². The van der Waals surface area contributed by atoms with E-state index in [-0.39, 0.29) is 17.9 Å². The Morgan fingerprint density at radius 1 is 1.43 bits per heavy atom. The summed E-state index contributed by atoms with van der Waals surface area (Å²) < 4.78 is 5.08. The largest absolute Gasteiger partial charge is 0.383 e. The SMILES string of the molecule is COC[C@@H](C)NC(=O)c1sc2ncnc(NCCCN3CCCC3=O)c2c1C. The van der Waals surface area contributed by atoms with Gasteiger partial charge in [-0.3, -0.25) is 9.59 Å². The van der Waals surface area contributed by atoms with Crippen molar-refractivity contribution in [3.63, 3.8) is 0 Å². The number of carbonyl (C=O) groups excluding carboxylic acids is 2. The van der Waals surface area contributed by atoms with Crippen LogP contribution in [0.1, 0.15) is 41.4 Å². The Labute approximate surface area is 168 Å². The maximum Gasteiger partial charge on any atom is 0.262 e. The molecule has 0 saturated carbocycles. The van der Waals surface area contributed by atoms with Crippen molar-refractivity contribution in [2.24, 2.45) is 0 Å². The first kappa shape index (κ1) is 20.5. The van der Waals surface area contributed by atoms with Gasteiger partial charge in [-0.15, -0.1) is 11.3 Å². The van der Waals surface area contributed by atoms with Crippen LogP contribution in [-0.4, -0.2) is 66.1 Å². The molecule has 9 heteroatoms. The van der Waals surface area contributed by atoms with E-state index in [0.717, 1.165) is 47.5 Å². The molecule has 2 aromatic rings. The molecule has 152 valence electrons. The van der Waals surface area contributed by atoms with E-state index < -0.39 is 0 Å². The van der Waals surface area contributed by atoms with E-state index in [1.807, 2.05) is 18.7 Å². The molecule has 0 aromatic carbocycles. The highest BCUT2D eigenvalue weighted by molar-refractivity contribution is 7.20. The summed E-state index contributed by atoms with van der Waals surface area (Å²) in [5.74, 6) is 0.857. The number of hydrogen-bond acceptors (Lipinski definition) is 7. The maximum absolute atomic E-state index is 12.6. The first-order chi connectivity index (χ1) is 13.5. The van der Waals surface area contributed by atoms with Crippen LogP contribution in [0.3, 0.4) is 0 Å². The third-order valence-electron chi connectivity index (χ3n) is 4.80. The molecular formula is C19H27N5O3S. The second kappa shape index (κ2) is 9.29. The van der Waals surface area contributed by atoms with Gasteiger partial charge in [-0.1, -0.05) is 0 Å². The van der Waals surface area contributed by atoms with Crippen LogP contribution < -0.4 is 10.6 Å². The van der Waals surface area contributed by atoms with Crippen molar-refractivity contribution in [3.05, 3.63) is 16.8 Å². The Kier molecular flexibility index (Phi) is 6.79. The number of rotatable bonds is 9. The second-order valence-electron chi connectivity index (χ2n) is 7.05. The molecule has 8 nitrogen and oxygen atoms in total. The van der Waals surface area contributed by atoms with E-state index >= 15 is 0 Å². The molecule has 1 atom stereocenters. The van der Waals surface area contributed by atoms with Gasteiger partial charge in [0.05, 0.1) is 16.9 Å². The summed E-state index contributed by atoms with van der Waals surface area (Å²) in [6.07, 6.45) is 3.99. The predicted molar refractivity (Wildman–Crippen MR) is 110 cm³/mol. The molecule has 1 aliphatic rings. The first-order valence-electron chi connectivity index (χ1n) is 9.56. The molecule has 2 N–H and O–H groups in total. The van der Waals surface area contributed by atoms with Crippen LogP contribution in [0.5, 0.6) is 0 Å². The van der Waals surface area contributed by atoms with Crippen molar-refractivity contribution in [2.75, 3.05) is 38.7 Å². The molecule has 0 radical (unpaired) electrons. The number of anilines is 1. The molecule has 1 aliphatic heterocycles. The van der Waals surface area contributed by atoms with E-state index in [1.54, 1.807) is 7.11 Å². The molecule has 0 spiro atoms. The zero-order chi connectivity index (χ0) is 20.1. The number of carbonyl (C=O) groups is 2. The number of hydrogen-bond donors (Lipinski definition) is 2. The Morgan fingerprint density at radius 2 is 2.25 bits per heavy atom. The van der Waals surface area contributed by atoms with Gasteiger partial charge in [-0.05, 0) is 32.3 Å². The van der Waals surface area contributed by atoms with Crippen molar-refractivity contribution in [1.82, 2.24) is 20.2 Å². The van der Waals surface area contributed by atoms with Crippen LogP contribution in [0.25, 0.3) is 10.2 Å². The number of methoxy groups -OCH3 is 1. The Morgan fingerprint density at radius 3 is 2.96 bits per heavy atom. The fourth-order valence-corrected chi connectivity index (χ4v) is 4.47. The third-order valence-corrected chi connectivity index (χ3v) is 5.99. The summed E-state index contributed by atoms with van der Waals surface area (Å²) in [6, 6.07) is -0.0703. The fourth-order valence-electron chi connectivity index (χ4n) is 3.42. The van der Waals surface area contributed by atoms with Crippen LogP contribution in [-0.2, 0) is 9.53 Å². The molecule has 0 aliphatic carbocycles. The van der Waals surface area contributed by atoms with Crippen LogP contribution >= 0.6 is 11.3 Å². The number of thiophene rings is 1. The van der Waals surface area contributed by atoms with E-state index in [2.05, 4.69) is 20.6 Å². The Hall–Kier alpha value is -2.26. The van der Waals surface area contributed by atoms with Crippen molar-refractivity contribution < 1.29 is 14.3 Å². The zero-order valence-electron chi connectivity index (χ0n) is 16.6. The topological polar surface area (TPSA) is 96.4 Å². The highest BCUT2D eigenvalue weighted by Gasteiger charge is 2.21. The number of amides is 2. The average molecular weight is 406 g/mol. The van der Waals surface area contributed by atoms with Crippen molar-refractivity contribution in [2.45, 2.75) is 39.2 Å². The maximum atomic E-state index is 12.6. The normalized spacial score (nSPS) is 15.2. The molecule has 1 saturated heterocycles. The number of aromatic nitrogens is 2. The van der Waals surface area contributed by atoms with E-state index in [9.17, 15) is 9.59 Å². The van der Waals surface area contributed by atoms with Crippen molar-refractivity contribution >= 4 is 39.2 Å². The summed E-state index contributed by atoms with van der Waals surface area (Å²) in [5, 5.41) is 7.18. The lowest BCUT2D eigenvalue weighted by atomic mass is 10.2. The van der Waals surface area contributed by atoms with Gasteiger partial charge in [0, 0.05) is 39.2 Å². The molecule has 0 unspecified atom stereocenters. The number of nitrogens with zero attached hydrogens (tertiary/aromatic N) is 3. The van der Waals surface area contributed by atoms with E-state index in [0.29, 0.717) is 24.4 Å². The van der Waals surface area contributed by atoms with Crippen LogP contribution in [0, 0.1) is 6.92 Å². The minimum absolute atomic E-state index is 0.0703. The summed E-state index contributed by atoms with van der Waals surface area (Å²) >= 11 is 1.37. The summed E-state index contributed by atoms with van der Waals surface area (Å²) in [7, 11) is 1.61. The molecule has 1 fully saturated rings. The lowest BCUT2D eigenvalue weighted by Crippen LogP contribution is -2.35. The van der Waals surface area contributed by atoms with Gasteiger partial charge < -0.3 is 20.3 Å². The first-order valence-corrected chi connectivity index (χ1v) is 10.4. The smallest absolute Gasteiger partial charge is 0.262 e. The molecular weight excluding hydrogens is 378 g/mol. The van der Waals surface area contributed by atoms with Gasteiger partial charge in [0.2, 0.25) is 5.91 Å². The molecule has 28 heavy (non-hydrogen) atoms. The number of ether oxygens (including phenoxy) is 1. The Balaban J connectivity index is 1.67.